The summed E-state index contributed by atoms with van der Waals surface area (Å²) in [5, 5.41) is 16.9. The lowest BCUT2D eigenvalue weighted by Gasteiger charge is -2.28. The Kier molecular flexibility index (Phi) is 2.86. The van der Waals surface area contributed by atoms with E-state index in [-0.39, 0.29) is 12.0 Å². The van der Waals surface area contributed by atoms with E-state index in [1.54, 1.807) is 4.68 Å². The second kappa shape index (κ2) is 4.39. The van der Waals surface area contributed by atoms with Crippen LogP contribution in [0.25, 0.3) is 0 Å². The smallest absolute Gasteiger partial charge is 0.308 e. The number of nitrogens with one attached hydrogen (secondary N) is 1. The number of hydrogen-bond donors (Lipinski definition) is 2. The van der Waals surface area contributed by atoms with Crippen LogP contribution in [0.1, 0.15) is 24.8 Å². The van der Waals surface area contributed by atoms with Crippen LogP contribution in [-0.2, 0) is 18.4 Å². The number of rotatable bonds is 4. The van der Waals surface area contributed by atoms with Crippen LogP contribution in [0.15, 0.2) is 12.4 Å². The maximum Gasteiger partial charge on any atom is 0.308 e. The Labute approximate surface area is 106 Å². The van der Waals surface area contributed by atoms with Gasteiger partial charge in [-0.2, -0.15) is 5.10 Å². The van der Waals surface area contributed by atoms with Gasteiger partial charge in [-0.3, -0.25) is 9.48 Å². The zero-order valence-electron chi connectivity index (χ0n) is 10.5. The SMILES string of the molecule is Cn1cc(CNC2C3CCC(C3)C2C(=O)O)cn1. The van der Waals surface area contributed by atoms with Gasteiger partial charge in [0.05, 0.1) is 12.1 Å². The second-order valence-electron chi connectivity index (χ2n) is 5.63. The Morgan fingerprint density at radius 2 is 2.33 bits per heavy atom. The van der Waals surface area contributed by atoms with Gasteiger partial charge in [-0.25, -0.2) is 0 Å². The number of carboxylic acids is 1. The first-order chi connectivity index (χ1) is 8.65. The van der Waals surface area contributed by atoms with E-state index in [0.29, 0.717) is 18.4 Å². The van der Waals surface area contributed by atoms with Crippen molar-refractivity contribution in [1.82, 2.24) is 15.1 Å². The number of aromatic nitrogens is 2. The molecule has 0 saturated heterocycles. The van der Waals surface area contributed by atoms with Gasteiger partial charge in [0.1, 0.15) is 0 Å². The number of fused-ring (bicyclic) bond motifs is 2. The first-order valence-corrected chi connectivity index (χ1v) is 6.59. The average Bonchev–Trinajstić information content (AvgIpc) is 3.00. The molecular formula is C13H19N3O2. The van der Waals surface area contributed by atoms with Crippen LogP contribution < -0.4 is 5.32 Å². The number of carboxylic acid groups (broad SMARTS) is 1. The van der Waals surface area contributed by atoms with Crippen LogP contribution >= 0.6 is 0 Å². The Hall–Kier alpha value is -1.36. The number of aliphatic carboxylic acids is 1. The highest BCUT2D eigenvalue weighted by atomic mass is 16.4. The lowest BCUT2D eigenvalue weighted by molar-refractivity contribution is -0.144. The molecule has 0 aliphatic heterocycles. The maximum atomic E-state index is 11.4. The number of aryl methyl sites for hydroxylation is 1. The van der Waals surface area contributed by atoms with Crippen LogP contribution in [0.3, 0.4) is 0 Å². The van der Waals surface area contributed by atoms with Crippen LogP contribution in [0.5, 0.6) is 0 Å². The molecule has 1 heterocycles. The van der Waals surface area contributed by atoms with E-state index in [0.717, 1.165) is 18.4 Å². The topological polar surface area (TPSA) is 67.2 Å². The second-order valence-corrected chi connectivity index (χ2v) is 5.63. The third-order valence-electron chi connectivity index (χ3n) is 4.50. The van der Waals surface area contributed by atoms with Gasteiger partial charge in [0.15, 0.2) is 0 Å². The fourth-order valence-corrected chi connectivity index (χ4v) is 3.74. The number of nitrogens with zero attached hydrogens (tertiary/aromatic N) is 2. The summed E-state index contributed by atoms with van der Waals surface area (Å²) in [5.74, 6) is 0.109. The molecule has 18 heavy (non-hydrogen) atoms. The van der Waals surface area contributed by atoms with Gasteiger partial charge in [-0.1, -0.05) is 0 Å². The summed E-state index contributed by atoms with van der Waals surface area (Å²) in [5.41, 5.74) is 1.12. The summed E-state index contributed by atoms with van der Waals surface area (Å²) in [6.07, 6.45) is 7.15. The summed E-state index contributed by atoms with van der Waals surface area (Å²) in [7, 11) is 1.89. The number of hydrogen-bond acceptors (Lipinski definition) is 3. The van der Waals surface area contributed by atoms with Crippen molar-refractivity contribution in [1.29, 1.82) is 0 Å². The molecule has 2 fully saturated rings. The fraction of sp³-hybridized carbons (Fsp3) is 0.692. The quantitative estimate of drug-likeness (QED) is 0.835. The van der Waals surface area contributed by atoms with Gasteiger partial charge >= 0.3 is 5.97 Å². The molecule has 98 valence electrons. The van der Waals surface area contributed by atoms with Crippen LogP contribution in [0.4, 0.5) is 0 Å². The van der Waals surface area contributed by atoms with E-state index in [1.807, 2.05) is 19.4 Å². The van der Waals surface area contributed by atoms with E-state index in [4.69, 9.17) is 0 Å². The summed E-state index contributed by atoms with van der Waals surface area (Å²) in [4.78, 5) is 11.4. The normalized spacial score (nSPS) is 34.1. The lowest BCUT2D eigenvalue weighted by atomic mass is 9.84. The largest absolute Gasteiger partial charge is 0.481 e. The highest BCUT2D eigenvalue weighted by Gasteiger charge is 2.50. The molecule has 0 spiro atoms. The number of carbonyl (C=O) groups is 1. The molecule has 5 nitrogen and oxygen atoms in total. The maximum absolute atomic E-state index is 11.4. The Balaban J connectivity index is 1.66. The van der Waals surface area contributed by atoms with E-state index in [1.165, 1.54) is 6.42 Å². The molecule has 2 aliphatic carbocycles. The third kappa shape index (κ3) is 1.92. The molecule has 1 aromatic rings. The van der Waals surface area contributed by atoms with Crippen molar-refractivity contribution >= 4 is 5.97 Å². The standard InChI is InChI=1S/C13H19N3O2/c1-16-7-8(6-15-16)5-14-12-10-3-2-9(4-10)11(12)13(17)18/h6-7,9-12,14H,2-5H2,1H3,(H,17,18). The van der Waals surface area contributed by atoms with Crippen molar-refractivity contribution in [2.75, 3.05) is 0 Å². The van der Waals surface area contributed by atoms with Crippen molar-refractivity contribution in [3.05, 3.63) is 18.0 Å². The Bertz CT molecular complexity index is 457. The van der Waals surface area contributed by atoms with Crippen LogP contribution in [0, 0.1) is 17.8 Å². The molecule has 2 bridgehead atoms. The fourth-order valence-electron chi connectivity index (χ4n) is 3.74. The summed E-state index contributed by atoms with van der Waals surface area (Å²) in [6.45, 7) is 0.714. The first kappa shape index (κ1) is 11.7. The zero-order chi connectivity index (χ0) is 12.7. The molecule has 5 heteroatoms. The van der Waals surface area contributed by atoms with Gasteiger partial charge in [0.2, 0.25) is 0 Å². The van der Waals surface area contributed by atoms with Crippen molar-refractivity contribution in [3.63, 3.8) is 0 Å². The average molecular weight is 249 g/mol. The van der Waals surface area contributed by atoms with E-state index >= 15 is 0 Å². The molecule has 0 aromatic carbocycles. The lowest BCUT2D eigenvalue weighted by Crippen LogP contribution is -2.43. The minimum absolute atomic E-state index is 0.140. The highest BCUT2D eigenvalue weighted by Crippen LogP contribution is 2.48. The van der Waals surface area contributed by atoms with Gasteiger partial charge in [0.25, 0.3) is 0 Å². The molecule has 0 radical (unpaired) electrons. The molecule has 2 aliphatic rings. The highest BCUT2D eigenvalue weighted by molar-refractivity contribution is 5.72. The van der Waals surface area contributed by atoms with Gasteiger partial charge in [-0.15, -0.1) is 0 Å². The molecule has 0 amide bonds. The van der Waals surface area contributed by atoms with Crippen molar-refractivity contribution in [2.24, 2.45) is 24.8 Å². The van der Waals surface area contributed by atoms with Gasteiger partial charge < -0.3 is 10.4 Å². The van der Waals surface area contributed by atoms with E-state index in [9.17, 15) is 9.90 Å². The summed E-state index contributed by atoms with van der Waals surface area (Å²) >= 11 is 0. The minimum Gasteiger partial charge on any atom is -0.481 e. The van der Waals surface area contributed by atoms with E-state index in [2.05, 4.69) is 10.4 Å². The van der Waals surface area contributed by atoms with Gasteiger partial charge in [0, 0.05) is 31.4 Å². The summed E-state index contributed by atoms with van der Waals surface area (Å²) < 4.78 is 1.77. The van der Waals surface area contributed by atoms with Crippen molar-refractivity contribution < 1.29 is 9.90 Å². The minimum atomic E-state index is -0.633. The molecular weight excluding hydrogens is 230 g/mol. The van der Waals surface area contributed by atoms with Crippen LogP contribution in [0.2, 0.25) is 0 Å². The molecule has 2 N–H and O–H groups in total. The van der Waals surface area contributed by atoms with Crippen LogP contribution in [-0.4, -0.2) is 26.9 Å². The predicted octanol–water partition coefficient (Wildman–Crippen LogP) is 1.01. The van der Waals surface area contributed by atoms with Crippen molar-refractivity contribution in [3.8, 4) is 0 Å². The molecule has 2 saturated carbocycles. The first-order valence-electron chi connectivity index (χ1n) is 6.59. The monoisotopic (exact) mass is 249 g/mol. The van der Waals surface area contributed by atoms with E-state index < -0.39 is 5.97 Å². The van der Waals surface area contributed by atoms with Gasteiger partial charge in [-0.05, 0) is 31.1 Å². The molecule has 3 rings (SSSR count). The molecule has 1 aromatic heterocycles. The Morgan fingerprint density at radius 3 is 3.00 bits per heavy atom. The molecule has 4 unspecified atom stereocenters. The predicted molar refractivity (Wildman–Crippen MR) is 65.8 cm³/mol. The Morgan fingerprint density at radius 1 is 1.56 bits per heavy atom. The molecule has 4 atom stereocenters. The third-order valence-corrected chi connectivity index (χ3v) is 4.50. The van der Waals surface area contributed by atoms with Crippen molar-refractivity contribution in [2.45, 2.75) is 31.8 Å². The summed E-state index contributed by atoms with van der Waals surface area (Å²) in [6, 6.07) is 0.140. The zero-order valence-corrected chi connectivity index (χ0v) is 10.5.